The number of rotatable bonds is 2. The van der Waals surface area contributed by atoms with Crippen molar-refractivity contribution in [3.8, 4) is 12.3 Å². The summed E-state index contributed by atoms with van der Waals surface area (Å²) in [7, 11) is 1.81. The summed E-state index contributed by atoms with van der Waals surface area (Å²) in [6.07, 6.45) is 7.63. The van der Waals surface area contributed by atoms with E-state index >= 15 is 0 Å². The van der Waals surface area contributed by atoms with Crippen molar-refractivity contribution in [1.29, 1.82) is 0 Å². The van der Waals surface area contributed by atoms with Crippen LogP contribution >= 0.6 is 11.8 Å². The van der Waals surface area contributed by atoms with Crippen molar-refractivity contribution in [2.45, 2.75) is 11.6 Å². The second-order valence-corrected chi connectivity index (χ2v) is 4.37. The zero-order valence-corrected chi connectivity index (χ0v) is 9.99. The number of amides is 1. The number of thioether (sulfide) groups is 1. The van der Waals surface area contributed by atoms with Gasteiger partial charge >= 0.3 is 0 Å². The zero-order valence-electron chi connectivity index (χ0n) is 9.17. The molecule has 0 saturated carbocycles. The number of hydrogen-bond acceptors (Lipinski definition) is 4. The van der Waals surface area contributed by atoms with Crippen molar-refractivity contribution in [2.24, 2.45) is 13.0 Å². The van der Waals surface area contributed by atoms with Crippen molar-refractivity contribution in [2.75, 3.05) is 17.7 Å². The van der Waals surface area contributed by atoms with E-state index in [0.29, 0.717) is 18.9 Å². The Labute approximate surface area is 98.2 Å². The van der Waals surface area contributed by atoms with E-state index in [1.54, 1.807) is 9.58 Å². The molecule has 1 aliphatic heterocycles. The van der Waals surface area contributed by atoms with E-state index in [9.17, 15) is 4.79 Å². The van der Waals surface area contributed by atoms with Gasteiger partial charge in [-0.15, -0.1) is 17.4 Å². The van der Waals surface area contributed by atoms with Crippen molar-refractivity contribution in [3.63, 3.8) is 0 Å². The van der Waals surface area contributed by atoms with Crippen LogP contribution in [0.1, 0.15) is 6.42 Å². The Bertz CT molecular complexity index is 462. The minimum absolute atomic E-state index is 0.00111. The normalized spacial score (nSPS) is 20.2. The van der Waals surface area contributed by atoms with Gasteiger partial charge in [0.2, 0.25) is 5.91 Å². The summed E-state index contributed by atoms with van der Waals surface area (Å²) in [6, 6.07) is 0. The number of nitrogens with zero attached hydrogens (tertiary/aromatic N) is 4. The molecule has 6 heteroatoms. The molecule has 5 nitrogen and oxygen atoms in total. The summed E-state index contributed by atoms with van der Waals surface area (Å²) < 4.78 is 1.66. The Balaban J connectivity index is 2.25. The average Bonchev–Trinajstić information content (AvgIpc) is 2.81. The molecule has 1 amide bonds. The fourth-order valence-corrected chi connectivity index (χ4v) is 2.14. The van der Waals surface area contributed by atoms with Gasteiger partial charge in [-0.25, -0.2) is 4.68 Å². The first-order valence-corrected chi connectivity index (χ1v) is 6.09. The Morgan fingerprint density at radius 3 is 2.88 bits per heavy atom. The second-order valence-electron chi connectivity index (χ2n) is 3.59. The maximum atomic E-state index is 11.7. The number of carbonyl (C=O) groups excluding carboxylic acids is 1. The predicted octanol–water partition coefficient (Wildman–Crippen LogP) is 0.523. The van der Waals surface area contributed by atoms with Gasteiger partial charge in [-0.3, -0.25) is 9.69 Å². The Hall–Kier alpha value is -1.48. The molecular formula is C10H12N4OS. The highest BCUT2D eigenvalue weighted by Crippen LogP contribution is 2.23. The number of hydrogen-bond donors (Lipinski definition) is 0. The summed E-state index contributed by atoms with van der Waals surface area (Å²) in [5, 5.41) is 4.99. The SMILES string of the molecule is C#CC1CC(=O)N(c2nc(SC)n(C)n2)C1. The number of anilines is 1. The van der Waals surface area contributed by atoms with Crippen LogP contribution in [-0.2, 0) is 11.8 Å². The molecule has 1 aromatic rings. The van der Waals surface area contributed by atoms with Crippen molar-refractivity contribution < 1.29 is 4.79 Å². The van der Waals surface area contributed by atoms with Crippen LogP contribution in [0.3, 0.4) is 0 Å². The molecule has 1 fully saturated rings. The maximum Gasteiger partial charge on any atom is 0.252 e. The highest BCUT2D eigenvalue weighted by atomic mass is 32.2. The summed E-state index contributed by atoms with van der Waals surface area (Å²) in [6.45, 7) is 0.521. The fraction of sp³-hybridized carbons (Fsp3) is 0.500. The van der Waals surface area contributed by atoms with E-state index in [4.69, 9.17) is 6.42 Å². The number of aromatic nitrogens is 3. The number of terminal acetylenes is 1. The third-order valence-corrected chi connectivity index (χ3v) is 3.22. The van der Waals surface area contributed by atoms with E-state index in [0.717, 1.165) is 5.16 Å². The van der Waals surface area contributed by atoms with Crippen LogP contribution in [0.2, 0.25) is 0 Å². The largest absolute Gasteiger partial charge is 0.278 e. The molecule has 0 radical (unpaired) electrons. The minimum Gasteiger partial charge on any atom is -0.278 e. The molecule has 1 unspecified atom stereocenters. The highest BCUT2D eigenvalue weighted by molar-refractivity contribution is 7.98. The standard InChI is InChI=1S/C10H12N4OS/c1-4-7-5-8(15)14(6-7)9-11-10(16-3)13(2)12-9/h1,7H,5-6H2,2-3H3. The van der Waals surface area contributed by atoms with Gasteiger partial charge in [0, 0.05) is 25.9 Å². The lowest BCUT2D eigenvalue weighted by Gasteiger charge is -2.09. The number of carbonyl (C=O) groups is 1. The summed E-state index contributed by atoms with van der Waals surface area (Å²) in [4.78, 5) is 17.5. The van der Waals surface area contributed by atoms with E-state index in [1.807, 2.05) is 13.3 Å². The molecule has 0 aliphatic carbocycles. The Morgan fingerprint density at radius 1 is 1.62 bits per heavy atom. The molecule has 1 aliphatic rings. The van der Waals surface area contributed by atoms with Crippen LogP contribution in [0.5, 0.6) is 0 Å². The molecule has 0 spiro atoms. The topological polar surface area (TPSA) is 51.0 Å². The quantitative estimate of drug-likeness (QED) is 0.555. The van der Waals surface area contributed by atoms with Gasteiger partial charge in [0.05, 0.1) is 0 Å². The van der Waals surface area contributed by atoms with Gasteiger partial charge in [-0.05, 0) is 6.26 Å². The molecule has 0 bridgehead atoms. The molecule has 1 aromatic heterocycles. The fourth-order valence-electron chi connectivity index (χ4n) is 1.66. The highest BCUT2D eigenvalue weighted by Gasteiger charge is 2.32. The molecule has 16 heavy (non-hydrogen) atoms. The van der Waals surface area contributed by atoms with Crippen molar-refractivity contribution in [3.05, 3.63) is 0 Å². The van der Waals surface area contributed by atoms with Crippen LogP contribution < -0.4 is 4.90 Å². The first kappa shape index (κ1) is 11.0. The van der Waals surface area contributed by atoms with Crippen LogP contribution in [-0.4, -0.2) is 33.5 Å². The average molecular weight is 236 g/mol. The number of aryl methyl sites for hydroxylation is 1. The summed E-state index contributed by atoms with van der Waals surface area (Å²) in [5.74, 6) is 3.03. The Morgan fingerprint density at radius 2 is 2.38 bits per heavy atom. The lowest BCUT2D eigenvalue weighted by Crippen LogP contribution is -2.25. The zero-order chi connectivity index (χ0) is 11.7. The second kappa shape index (κ2) is 4.18. The van der Waals surface area contributed by atoms with Gasteiger partial charge in [-0.1, -0.05) is 11.8 Å². The van der Waals surface area contributed by atoms with E-state index < -0.39 is 0 Å². The molecule has 1 atom stereocenters. The molecule has 84 valence electrons. The Kier molecular flexibility index (Phi) is 2.88. The van der Waals surface area contributed by atoms with Crippen LogP contribution in [0, 0.1) is 18.3 Å². The summed E-state index contributed by atoms with van der Waals surface area (Å²) in [5.41, 5.74) is 0. The smallest absolute Gasteiger partial charge is 0.252 e. The lowest BCUT2D eigenvalue weighted by molar-refractivity contribution is -0.117. The molecule has 2 heterocycles. The van der Waals surface area contributed by atoms with Crippen molar-refractivity contribution >= 4 is 23.6 Å². The van der Waals surface area contributed by atoms with Gasteiger partial charge in [0.25, 0.3) is 5.95 Å². The van der Waals surface area contributed by atoms with Gasteiger partial charge in [0.1, 0.15) is 0 Å². The minimum atomic E-state index is -0.0194. The van der Waals surface area contributed by atoms with Crippen LogP contribution in [0.15, 0.2) is 5.16 Å². The van der Waals surface area contributed by atoms with Gasteiger partial charge < -0.3 is 0 Å². The molecule has 1 saturated heterocycles. The van der Waals surface area contributed by atoms with Gasteiger partial charge in [-0.2, -0.15) is 4.98 Å². The predicted molar refractivity (Wildman–Crippen MR) is 62.1 cm³/mol. The van der Waals surface area contributed by atoms with Crippen LogP contribution in [0.4, 0.5) is 5.95 Å². The molecular weight excluding hydrogens is 224 g/mol. The maximum absolute atomic E-state index is 11.7. The monoisotopic (exact) mass is 236 g/mol. The van der Waals surface area contributed by atoms with E-state index in [1.165, 1.54) is 11.8 Å². The lowest BCUT2D eigenvalue weighted by atomic mass is 10.1. The molecule has 0 N–H and O–H groups in total. The first-order chi connectivity index (χ1) is 7.65. The molecule has 2 rings (SSSR count). The van der Waals surface area contributed by atoms with Gasteiger partial charge in [0.15, 0.2) is 5.16 Å². The summed E-state index contributed by atoms with van der Waals surface area (Å²) >= 11 is 1.49. The third kappa shape index (κ3) is 1.78. The van der Waals surface area contributed by atoms with Crippen molar-refractivity contribution in [1.82, 2.24) is 14.8 Å². The van der Waals surface area contributed by atoms with E-state index in [-0.39, 0.29) is 11.8 Å². The van der Waals surface area contributed by atoms with E-state index in [2.05, 4.69) is 16.0 Å². The van der Waals surface area contributed by atoms with Crippen LogP contribution in [0.25, 0.3) is 0 Å². The molecule has 0 aromatic carbocycles. The third-order valence-electron chi connectivity index (χ3n) is 2.50. The first-order valence-electron chi connectivity index (χ1n) is 4.87.